The topological polar surface area (TPSA) is 42.2 Å². The van der Waals surface area contributed by atoms with Gasteiger partial charge in [0.25, 0.3) is 5.91 Å². The monoisotopic (exact) mass is 307 g/mol. The molecule has 1 aromatic heterocycles. The summed E-state index contributed by atoms with van der Waals surface area (Å²) in [5.41, 5.74) is 2.90. The van der Waals surface area contributed by atoms with Crippen molar-refractivity contribution in [3.63, 3.8) is 0 Å². The van der Waals surface area contributed by atoms with Crippen molar-refractivity contribution in [1.29, 1.82) is 0 Å². The smallest absolute Gasteiger partial charge is 0.287 e. The molecule has 1 atom stereocenters. The standard InChI is InChI=1S/C20H21NO2/c1-3-15(16-9-5-4-6-10-16)13-21-20(22)19-14(2)17-11-7-8-12-18(17)23-19/h4-12,15H,3,13H2,1-2H3,(H,21,22). The second-order valence-corrected chi connectivity index (χ2v) is 5.78. The first-order valence-corrected chi connectivity index (χ1v) is 8.02. The first-order valence-electron chi connectivity index (χ1n) is 8.02. The van der Waals surface area contributed by atoms with Gasteiger partial charge in [-0.15, -0.1) is 0 Å². The molecule has 0 aliphatic heterocycles. The second kappa shape index (κ2) is 6.69. The number of nitrogens with one attached hydrogen (secondary N) is 1. The number of benzene rings is 2. The predicted octanol–water partition coefficient (Wildman–Crippen LogP) is 4.66. The average molecular weight is 307 g/mol. The molecule has 1 unspecified atom stereocenters. The van der Waals surface area contributed by atoms with Crippen molar-refractivity contribution in [2.75, 3.05) is 6.54 Å². The summed E-state index contributed by atoms with van der Waals surface area (Å²) >= 11 is 0. The zero-order valence-corrected chi connectivity index (χ0v) is 13.5. The normalized spacial score (nSPS) is 12.3. The van der Waals surface area contributed by atoms with Gasteiger partial charge in [-0.1, -0.05) is 55.5 Å². The van der Waals surface area contributed by atoms with E-state index in [0.29, 0.717) is 18.2 Å². The van der Waals surface area contributed by atoms with E-state index in [2.05, 4.69) is 24.4 Å². The Morgan fingerprint density at radius 3 is 2.48 bits per heavy atom. The molecule has 1 N–H and O–H groups in total. The van der Waals surface area contributed by atoms with Crippen LogP contribution in [0.1, 0.15) is 40.9 Å². The Morgan fingerprint density at radius 1 is 1.09 bits per heavy atom. The number of amides is 1. The van der Waals surface area contributed by atoms with E-state index in [0.717, 1.165) is 23.0 Å². The van der Waals surface area contributed by atoms with Gasteiger partial charge < -0.3 is 9.73 Å². The number of hydrogen-bond donors (Lipinski definition) is 1. The molecule has 0 saturated heterocycles. The zero-order valence-electron chi connectivity index (χ0n) is 13.5. The number of hydrogen-bond acceptors (Lipinski definition) is 2. The third-order valence-electron chi connectivity index (χ3n) is 4.32. The van der Waals surface area contributed by atoms with Gasteiger partial charge in [-0.25, -0.2) is 0 Å². The molecular weight excluding hydrogens is 286 g/mol. The highest BCUT2D eigenvalue weighted by Crippen LogP contribution is 2.25. The quantitative estimate of drug-likeness (QED) is 0.744. The maximum absolute atomic E-state index is 12.5. The molecule has 0 fully saturated rings. The Labute approximate surface area is 136 Å². The van der Waals surface area contributed by atoms with Crippen LogP contribution in [0.25, 0.3) is 11.0 Å². The molecule has 3 aromatic rings. The molecule has 0 saturated carbocycles. The van der Waals surface area contributed by atoms with Crippen LogP contribution in [0, 0.1) is 6.92 Å². The highest BCUT2D eigenvalue weighted by molar-refractivity contribution is 5.98. The van der Waals surface area contributed by atoms with E-state index < -0.39 is 0 Å². The van der Waals surface area contributed by atoms with Crippen LogP contribution in [0.4, 0.5) is 0 Å². The van der Waals surface area contributed by atoms with Gasteiger partial charge in [-0.05, 0) is 25.0 Å². The van der Waals surface area contributed by atoms with E-state index in [1.54, 1.807) is 0 Å². The van der Waals surface area contributed by atoms with E-state index in [4.69, 9.17) is 4.42 Å². The van der Waals surface area contributed by atoms with Crippen LogP contribution in [-0.2, 0) is 0 Å². The minimum atomic E-state index is -0.145. The van der Waals surface area contributed by atoms with Crippen molar-refractivity contribution in [3.05, 3.63) is 71.5 Å². The highest BCUT2D eigenvalue weighted by atomic mass is 16.3. The van der Waals surface area contributed by atoms with Crippen molar-refractivity contribution >= 4 is 16.9 Å². The lowest BCUT2D eigenvalue weighted by molar-refractivity contribution is 0.0924. The molecule has 1 heterocycles. The Balaban J connectivity index is 1.74. The van der Waals surface area contributed by atoms with Gasteiger partial charge in [0.15, 0.2) is 5.76 Å². The molecule has 0 aliphatic carbocycles. The number of aryl methyl sites for hydroxylation is 1. The van der Waals surface area contributed by atoms with E-state index >= 15 is 0 Å². The minimum absolute atomic E-state index is 0.145. The summed E-state index contributed by atoms with van der Waals surface area (Å²) in [6.07, 6.45) is 0.976. The van der Waals surface area contributed by atoms with E-state index in [1.807, 2.05) is 49.4 Å². The molecule has 3 nitrogen and oxygen atoms in total. The Morgan fingerprint density at radius 2 is 1.78 bits per heavy atom. The minimum Gasteiger partial charge on any atom is -0.451 e. The van der Waals surface area contributed by atoms with Crippen LogP contribution in [0.3, 0.4) is 0 Å². The van der Waals surface area contributed by atoms with Crippen molar-refractivity contribution in [1.82, 2.24) is 5.32 Å². The van der Waals surface area contributed by atoms with E-state index in [1.165, 1.54) is 5.56 Å². The summed E-state index contributed by atoms with van der Waals surface area (Å²) in [5.74, 6) is 0.576. The predicted molar refractivity (Wildman–Crippen MR) is 92.8 cm³/mol. The van der Waals surface area contributed by atoms with Crippen LogP contribution >= 0.6 is 0 Å². The molecule has 0 bridgehead atoms. The largest absolute Gasteiger partial charge is 0.451 e. The highest BCUT2D eigenvalue weighted by Gasteiger charge is 2.18. The van der Waals surface area contributed by atoms with Crippen molar-refractivity contribution in [2.45, 2.75) is 26.2 Å². The van der Waals surface area contributed by atoms with Crippen LogP contribution in [0.5, 0.6) is 0 Å². The second-order valence-electron chi connectivity index (χ2n) is 5.78. The molecule has 3 rings (SSSR count). The Kier molecular flexibility index (Phi) is 4.47. The summed E-state index contributed by atoms with van der Waals surface area (Å²) in [5, 5.41) is 4.01. The maximum atomic E-state index is 12.5. The fraction of sp³-hybridized carbons (Fsp3) is 0.250. The summed E-state index contributed by atoms with van der Waals surface area (Å²) < 4.78 is 5.72. The number of rotatable bonds is 5. The number of para-hydroxylation sites is 1. The van der Waals surface area contributed by atoms with Crippen LogP contribution in [0.2, 0.25) is 0 Å². The van der Waals surface area contributed by atoms with Gasteiger partial charge in [0.1, 0.15) is 5.58 Å². The van der Waals surface area contributed by atoms with E-state index in [-0.39, 0.29) is 5.91 Å². The lowest BCUT2D eigenvalue weighted by atomic mass is 9.96. The van der Waals surface area contributed by atoms with E-state index in [9.17, 15) is 4.79 Å². The Bertz CT molecular complexity index is 805. The molecule has 0 radical (unpaired) electrons. The third-order valence-corrected chi connectivity index (χ3v) is 4.32. The first-order chi connectivity index (χ1) is 11.2. The molecule has 1 amide bonds. The zero-order chi connectivity index (χ0) is 16.2. The molecular formula is C20H21NO2. The lowest BCUT2D eigenvalue weighted by Crippen LogP contribution is -2.28. The summed E-state index contributed by atoms with van der Waals surface area (Å²) in [6, 6.07) is 18.0. The van der Waals surface area contributed by atoms with Gasteiger partial charge in [-0.3, -0.25) is 4.79 Å². The van der Waals surface area contributed by atoms with Gasteiger partial charge in [0.05, 0.1) is 0 Å². The number of furan rings is 1. The van der Waals surface area contributed by atoms with Gasteiger partial charge in [-0.2, -0.15) is 0 Å². The fourth-order valence-electron chi connectivity index (χ4n) is 2.91. The number of carbonyl (C=O) groups excluding carboxylic acids is 1. The fourth-order valence-corrected chi connectivity index (χ4v) is 2.91. The summed E-state index contributed by atoms with van der Waals surface area (Å²) in [4.78, 5) is 12.5. The first kappa shape index (κ1) is 15.3. The van der Waals surface area contributed by atoms with Crippen LogP contribution in [-0.4, -0.2) is 12.5 Å². The number of carbonyl (C=O) groups is 1. The van der Waals surface area contributed by atoms with Gasteiger partial charge in [0, 0.05) is 23.4 Å². The average Bonchev–Trinajstić information content (AvgIpc) is 2.94. The van der Waals surface area contributed by atoms with Crippen molar-refractivity contribution < 1.29 is 9.21 Å². The lowest BCUT2D eigenvalue weighted by Gasteiger charge is -2.15. The number of fused-ring (bicyclic) bond motifs is 1. The SMILES string of the molecule is CCC(CNC(=O)c1oc2ccccc2c1C)c1ccccc1. The third kappa shape index (κ3) is 3.14. The summed E-state index contributed by atoms with van der Waals surface area (Å²) in [7, 11) is 0. The molecule has 2 aromatic carbocycles. The molecule has 118 valence electrons. The molecule has 23 heavy (non-hydrogen) atoms. The molecule has 3 heteroatoms. The summed E-state index contributed by atoms with van der Waals surface area (Å²) in [6.45, 7) is 4.67. The van der Waals surface area contributed by atoms with Gasteiger partial charge in [0.2, 0.25) is 0 Å². The van der Waals surface area contributed by atoms with Crippen molar-refractivity contribution in [3.8, 4) is 0 Å². The van der Waals surface area contributed by atoms with Crippen molar-refractivity contribution in [2.24, 2.45) is 0 Å². The van der Waals surface area contributed by atoms with Crippen LogP contribution in [0.15, 0.2) is 59.0 Å². The van der Waals surface area contributed by atoms with Crippen LogP contribution < -0.4 is 5.32 Å². The maximum Gasteiger partial charge on any atom is 0.287 e. The van der Waals surface area contributed by atoms with Gasteiger partial charge >= 0.3 is 0 Å². The molecule has 0 spiro atoms. The molecule has 0 aliphatic rings. The Hall–Kier alpha value is -2.55.